The molecule has 4 fully saturated rings. The highest BCUT2D eigenvalue weighted by atomic mass is 16.5. The Bertz CT molecular complexity index is 729. The molecule has 4 aliphatic carbocycles. The highest BCUT2D eigenvalue weighted by Crippen LogP contribution is 2.68. The number of fused-ring (bicyclic) bond motifs is 5. The number of Topliss-reactive ketones (excluding diaryl/α,β-unsaturated/α-hetero) is 1. The molecule has 4 aliphatic rings. The number of carbonyl (C=O) groups excluding carboxylic acids is 2. The Labute approximate surface area is 181 Å². The second-order valence-electron chi connectivity index (χ2n) is 11.4. The minimum Gasteiger partial charge on any atom is -0.469 e. The summed E-state index contributed by atoms with van der Waals surface area (Å²) in [6, 6.07) is 0. The van der Waals surface area contributed by atoms with E-state index in [2.05, 4.69) is 27.4 Å². The third-order valence-electron chi connectivity index (χ3n) is 10.3. The zero-order valence-electron chi connectivity index (χ0n) is 19.3. The molecule has 0 aromatic carbocycles. The SMILES string of the molecule is C=C1C(=O)C2C(CC[C@@]3(C)C2CCC3[C@H](C)CCC(=O)OC)[C@@]2(C)CC[C@@H](O)CC12. The van der Waals surface area contributed by atoms with Crippen LogP contribution in [0.1, 0.15) is 78.6 Å². The van der Waals surface area contributed by atoms with Crippen LogP contribution in [0.25, 0.3) is 0 Å². The Kier molecular flexibility index (Phi) is 5.70. The van der Waals surface area contributed by atoms with E-state index in [1.165, 1.54) is 13.5 Å². The predicted molar refractivity (Wildman–Crippen MR) is 117 cm³/mol. The van der Waals surface area contributed by atoms with Gasteiger partial charge in [-0.25, -0.2) is 0 Å². The van der Waals surface area contributed by atoms with Gasteiger partial charge in [0.05, 0.1) is 13.2 Å². The molecule has 9 atom stereocenters. The van der Waals surface area contributed by atoms with Crippen LogP contribution in [-0.4, -0.2) is 30.1 Å². The van der Waals surface area contributed by atoms with E-state index >= 15 is 0 Å². The highest BCUT2D eigenvalue weighted by Gasteiger charge is 2.63. The largest absolute Gasteiger partial charge is 0.469 e. The average molecular weight is 417 g/mol. The summed E-state index contributed by atoms with van der Waals surface area (Å²) in [7, 11) is 1.46. The van der Waals surface area contributed by atoms with E-state index in [1.54, 1.807) is 0 Å². The van der Waals surface area contributed by atoms with Gasteiger partial charge in [-0.05, 0) is 97.4 Å². The van der Waals surface area contributed by atoms with Gasteiger partial charge in [0.2, 0.25) is 0 Å². The lowest BCUT2D eigenvalue weighted by atomic mass is 9.43. The zero-order valence-corrected chi connectivity index (χ0v) is 19.3. The number of carbonyl (C=O) groups is 2. The maximum atomic E-state index is 13.6. The Morgan fingerprint density at radius 2 is 1.83 bits per heavy atom. The molecule has 0 spiro atoms. The van der Waals surface area contributed by atoms with Crippen LogP contribution in [0.4, 0.5) is 0 Å². The zero-order chi connectivity index (χ0) is 21.8. The summed E-state index contributed by atoms with van der Waals surface area (Å²) in [5.41, 5.74) is 1.07. The molecule has 4 heteroatoms. The minimum atomic E-state index is -0.287. The first kappa shape index (κ1) is 22.0. The predicted octanol–water partition coefficient (Wildman–Crippen LogP) is 4.94. The second-order valence-corrected chi connectivity index (χ2v) is 11.4. The molecule has 4 nitrogen and oxygen atoms in total. The smallest absolute Gasteiger partial charge is 0.305 e. The van der Waals surface area contributed by atoms with E-state index in [1.807, 2.05) is 0 Å². The number of hydrogen-bond donors (Lipinski definition) is 1. The first-order chi connectivity index (χ1) is 14.1. The number of ether oxygens (including phenoxy) is 1. The van der Waals surface area contributed by atoms with Gasteiger partial charge in [-0.3, -0.25) is 9.59 Å². The van der Waals surface area contributed by atoms with Crippen LogP contribution in [0.2, 0.25) is 0 Å². The third-order valence-corrected chi connectivity index (χ3v) is 10.3. The van der Waals surface area contributed by atoms with Gasteiger partial charge in [0.15, 0.2) is 5.78 Å². The number of aliphatic hydroxyl groups excluding tert-OH is 1. The molecule has 0 bridgehead atoms. The Morgan fingerprint density at radius 1 is 1.17 bits per heavy atom. The summed E-state index contributed by atoms with van der Waals surface area (Å²) in [5.74, 6) is 2.31. The molecule has 30 heavy (non-hydrogen) atoms. The molecule has 0 aliphatic heterocycles. The van der Waals surface area contributed by atoms with Crippen LogP contribution >= 0.6 is 0 Å². The highest BCUT2D eigenvalue weighted by molar-refractivity contribution is 5.99. The van der Waals surface area contributed by atoms with Crippen molar-refractivity contribution < 1.29 is 19.4 Å². The van der Waals surface area contributed by atoms with Crippen LogP contribution in [0.3, 0.4) is 0 Å². The standard InChI is InChI=1S/C26H40O4/c1-15(6-9-22(28)30-5)18-7-8-19-23-20(11-13-25(18,19)3)26(4)12-10-17(27)14-21(26)16(2)24(23)29/h15,17-21,23,27H,2,6-14H2,1,3-5H3/t15-,17-,18?,19?,20?,21?,23?,25-,26-/m1/s1. The molecule has 4 rings (SSSR count). The van der Waals surface area contributed by atoms with Crippen molar-refractivity contribution in [2.24, 2.45) is 46.3 Å². The van der Waals surface area contributed by atoms with Crippen LogP contribution < -0.4 is 0 Å². The number of esters is 1. The molecule has 0 amide bonds. The van der Waals surface area contributed by atoms with Crippen molar-refractivity contribution in [3.8, 4) is 0 Å². The number of ketones is 1. The van der Waals surface area contributed by atoms with Crippen LogP contribution in [0.15, 0.2) is 12.2 Å². The van der Waals surface area contributed by atoms with E-state index in [9.17, 15) is 14.7 Å². The minimum absolute atomic E-state index is 0.102. The molecular formula is C26H40O4. The van der Waals surface area contributed by atoms with E-state index < -0.39 is 0 Å². The fourth-order valence-electron chi connectivity index (χ4n) is 8.55. The molecule has 0 heterocycles. The second kappa shape index (κ2) is 7.76. The molecule has 0 saturated heterocycles. The van der Waals surface area contributed by atoms with Crippen molar-refractivity contribution in [2.45, 2.75) is 84.7 Å². The monoisotopic (exact) mass is 416 g/mol. The van der Waals surface area contributed by atoms with Crippen molar-refractivity contribution >= 4 is 11.8 Å². The van der Waals surface area contributed by atoms with E-state index in [0.717, 1.165) is 44.1 Å². The lowest BCUT2D eigenvalue weighted by Crippen LogP contribution is -2.58. The molecule has 168 valence electrons. The van der Waals surface area contributed by atoms with E-state index in [0.29, 0.717) is 42.3 Å². The molecule has 0 radical (unpaired) electrons. The Balaban J connectivity index is 1.58. The van der Waals surface area contributed by atoms with Gasteiger partial charge in [0.25, 0.3) is 0 Å². The number of allylic oxidation sites excluding steroid dienone is 1. The maximum absolute atomic E-state index is 13.6. The number of aliphatic hydroxyl groups is 1. The van der Waals surface area contributed by atoms with Crippen molar-refractivity contribution in [1.82, 2.24) is 0 Å². The summed E-state index contributed by atoms with van der Waals surface area (Å²) in [5, 5.41) is 10.3. The van der Waals surface area contributed by atoms with E-state index in [4.69, 9.17) is 4.74 Å². The lowest BCUT2D eigenvalue weighted by Gasteiger charge is -2.60. The molecule has 0 aromatic heterocycles. The van der Waals surface area contributed by atoms with Gasteiger partial charge >= 0.3 is 5.97 Å². The third kappa shape index (κ3) is 3.20. The summed E-state index contributed by atoms with van der Waals surface area (Å²) < 4.78 is 4.85. The summed E-state index contributed by atoms with van der Waals surface area (Å²) in [6.45, 7) is 11.4. The molecule has 1 N–H and O–H groups in total. The fraction of sp³-hybridized carbons (Fsp3) is 0.846. The van der Waals surface area contributed by atoms with Crippen LogP contribution in [0, 0.1) is 46.3 Å². The van der Waals surface area contributed by atoms with Gasteiger partial charge in [-0.2, -0.15) is 0 Å². The summed E-state index contributed by atoms with van der Waals surface area (Å²) in [4.78, 5) is 25.3. The quantitative estimate of drug-likeness (QED) is 0.521. The molecular weight excluding hydrogens is 376 g/mol. The lowest BCUT2D eigenvalue weighted by molar-refractivity contribution is -0.150. The first-order valence-electron chi connectivity index (χ1n) is 12.1. The summed E-state index contributed by atoms with van der Waals surface area (Å²) in [6.07, 6.45) is 8.20. The van der Waals surface area contributed by atoms with Gasteiger partial charge in [-0.1, -0.05) is 27.4 Å². The molecule has 4 saturated carbocycles. The van der Waals surface area contributed by atoms with Crippen LogP contribution in [-0.2, 0) is 14.3 Å². The van der Waals surface area contributed by atoms with Gasteiger partial charge in [-0.15, -0.1) is 0 Å². The molecule has 5 unspecified atom stereocenters. The normalized spacial score (nSPS) is 46.6. The van der Waals surface area contributed by atoms with E-state index in [-0.39, 0.29) is 34.7 Å². The Morgan fingerprint density at radius 3 is 2.53 bits per heavy atom. The number of rotatable bonds is 4. The van der Waals surface area contributed by atoms with Crippen LogP contribution in [0.5, 0.6) is 0 Å². The fourth-order valence-corrected chi connectivity index (χ4v) is 8.55. The molecule has 0 aromatic rings. The number of methoxy groups -OCH3 is 1. The van der Waals surface area contributed by atoms with Gasteiger partial charge in [0, 0.05) is 12.3 Å². The van der Waals surface area contributed by atoms with Crippen molar-refractivity contribution in [2.75, 3.05) is 7.11 Å². The maximum Gasteiger partial charge on any atom is 0.305 e. The topological polar surface area (TPSA) is 63.6 Å². The Hall–Kier alpha value is -1.16. The van der Waals surface area contributed by atoms with Gasteiger partial charge in [0.1, 0.15) is 0 Å². The first-order valence-corrected chi connectivity index (χ1v) is 12.1. The average Bonchev–Trinajstić information content (AvgIpc) is 3.08. The van der Waals surface area contributed by atoms with Crippen molar-refractivity contribution in [3.63, 3.8) is 0 Å². The van der Waals surface area contributed by atoms with Crippen molar-refractivity contribution in [1.29, 1.82) is 0 Å². The number of hydrogen-bond acceptors (Lipinski definition) is 4. The summed E-state index contributed by atoms with van der Waals surface area (Å²) >= 11 is 0. The van der Waals surface area contributed by atoms with Gasteiger partial charge < -0.3 is 9.84 Å². The van der Waals surface area contributed by atoms with Crippen molar-refractivity contribution in [3.05, 3.63) is 12.2 Å².